The molecular weight excluding hydrogens is 386 g/mol. The van der Waals surface area contributed by atoms with Gasteiger partial charge in [-0.05, 0) is 17.5 Å². The summed E-state index contributed by atoms with van der Waals surface area (Å²) < 4.78 is 6.94. The average Bonchev–Trinajstić information content (AvgIpc) is 3.33. The molecule has 30 heavy (non-hydrogen) atoms. The van der Waals surface area contributed by atoms with Crippen molar-refractivity contribution in [1.29, 1.82) is 0 Å². The fourth-order valence-corrected chi connectivity index (χ4v) is 3.89. The second kappa shape index (κ2) is 8.43. The number of benzene rings is 1. The molecule has 1 aromatic heterocycles. The number of rotatable bonds is 5. The van der Waals surface area contributed by atoms with Gasteiger partial charge in [-0.3, -0.25) is 9.59 Å². The van der Waals surface area contributed by atoms with Crippen molar-refractivity contribution in [3.8, 4) is 17.0 Å². The minimum atomic E-state index is -0.739. The van der Waals surface area contributed by atoms with Crippen LogP contribution in [0.1, 0.15) is 33.2 Å². The number of hydrogen-bond acceptors (Lipinski definition) is 6. The first-order chi connectivity index (χ1) is 14.2. The maximum Gasteiger partial charge on any atom is 0.248 e. The van der Waals surface area contributed by atoms with Gasteiger partial charge in [0.25, 0.3) is 0 Å². The third-order valence-corrected chi connectivity index (χ3v) is 5.32. The van der Waals surface area contributed by atoms with E-state index >= 15 is 0 Å². The van der Waals surface area contributed by atoms with Gasteiger partial charge in [-0.25, -0.2) is 4.68 Å². The summed E-state index contributed by atoms with van der Waals surface area (Å²) in [5.41, 5.74) is 0.842. The summed E-state index contributed by atoms with van der Waals surface area (Å²) in [4.78, 5) is 27.3. The van der Waals surface area contributed by atoms with Crippen LogP contribution in [0.2, 0.25) is 0 Å². The van der Waals surface area contributed by atoms with Crippen LogP contribution < -0.4 is 10.1 Å². The lowest BCUT2D eigenvalue weighted by molar-refractivity contribution is -0.144. The third-order valence-electron chi connectivity index (χ3n) is 5.32. The second-order valence-electron chi connectivity index (χ2n) is 8.56. The smallest absolute Gasteiger partial charge is 0.248 e. The molecule has 1 aliphatic heterocycles. The van der Waals surface area contributed by atoms with E-state index < -0.39 is 23.6 Å². The number of hydrogen-bond donors (Lipinski definition) is 2. The molecule has 2 amide bonds. The Balaban J connectivity index is 1.97. The zero-order chi connectivity index (χ0) is 22.1. The molecule has 2 unspecified atom stereocenters. The Morgan fingerprint density at radius 3 is 2.63 bits per heavy atom. The molecule has 0 aliphatic carbocycles. The summed E-state index contributed by atoms with van der Waals surface area (Å²) in [5.74, 6) is 0.0931. The second-order valence-corrected chi connectivity index (χ2v) is 8.56. The van der Waals surface area contributed by atoms with Crippen molar-refractivity contribution in [1.82, 2.24) is 25.2 Å². The average molecular weight is 415 g/mol. The molecule has 3 atom stereocenters. The van der Waals surface area contributed by atoms with Gasteiger partial charge in [0, 0.05) is 25.6 Å². The summed E-state index contributed by atoms with van der Waals surface area (Å²) in [6, 6.07) is 6.04. The Bertz CT molecular complexity index is 920. The van der Waals surface area contributed by atoms with Crippen LogP contribution in [0.3, 0.4) is 0 Å². The Morgan fingerprint density at radius 2 is 2.00 bits per heavy atom. The van der Waals surface area contributed by atoms with Crippen LogP contribution in [0.25, 0.3) is 11.3 Å². The molecule has 0 saturated carbocycles. The van der Waals surface area contributed by atoms with Crippen molar-refractivity contribution in [2.45, 2.75) is 45.4 Å². The van der Waals surface area contributed by atoms with E-state index in [2.05, 4.69) is 15.6 Å². The van der Waals surface area contributed by atoms with E-state index in [-0.39, 0.29) is 24.8 Å². The molecule has 2 aromatic rings. The Hall–Kier alpha value is -2.94. The predicted molar refractivity (Wildman–Crippen MR) is 111 cm³/mol. The van der Waals surface area contributed by atoms with Gasteiger partial charge >= 0.3 is 0 Å². The van der Waals surface area contributed by atoms with Crippen LogP contribution in [-0.2, 0) is 9.59 Å². The number of likely N-dealkylation sites (tertiary alicyclic amines) is 1. The number of aliphatic hydroxyl groups excluding tert-OH is 1. The summed E-state index contributed by atoms with van der Waals surface area (Å²) in [6.45, 7) is 5.90. The zero-order valence-corrected chi connectivity index (χ0v) is 18.0. The molecule has 1 fully saturated rings. The van der Waals surface area contributed by atoms with Crippen molar-refractivity contribution >= 4 is 11.8 Å². The molecule has 1 saturated heterocycles. The first-order valence-electron chi connectivity index (χ1n) is 9.92. The molecule has 0 bridgehead atoms. The molecule has 0 spiro atoms. The Labute approximate surface area is 176 Å². The lowest BCUT2D eigenvalue weighted by Gasteiger charge is -2.34. The van der Waals surface area contributed by atoms with Crippen molar-refractivity contribution in [3.05, 3.63) is 30.5 Å². The number of nitrogens with one attached hydrogen (secondary N) is 1. The van der Waals surface area contributed by atoms with Crippen LogP contribution in [0.4, 0.5) is 0 Å². The van der Waals surface area contributed by atoms with E-state index in [0.717, 1.165) is 5.56 Å². The van der Waals surface area contributed by atoms with E-state index in [1.807, 2.05) is 45.0 Å². The van der Waals surface area contributed by atoms with E-state index in [1.165, 1.54) is 16.6 Å². The van der Waals surface area contributed by atoms with Gasteiger partial charge in [-0.1, -0.05) is 38.1 Å². The topological polar surface area (TPSA) is 110 Å². The van der Waals surface area contributed by atoms with E-state index in [9.17, 15) is 14.7 Å². The number of likely N-dealkylation sites (N-methyl/N-ethyl adjacent to an activating group) is 1. The van der Waals surface area contributed by atoms with Crippen LogP contribution in [-0.4, -0.2) is 69.7 Å². The van der Waals surface area contributed by atoms with E-state index in [1.54, 1.807) is 13.3 Å². The number of amides is 2. The summed E-state index contributed by atoms with van der Waals surface area (Å²) >= 11 is 0. The maximum atomic E-state index is 13.6. The Kier molecular flexibility index (Phi) is 6.12. The molecular formula is C21H29N5O4. The van der Waals surface area contributed by atoms with Gasteiger partial charge < -0.3 is 20.1 Å². The molecule has 0 radical (unpaired) electrons. The third kappa shape index (κ3) is 4.16. The number of carbonyl (C=O) groups is 2. The van der Waals surface area contributed by atoms with Crippen molar-refractivity contribution in [2.24, 2.45) is 5.41 Å². The lowest BCUT2D eigenvalue weighted by atomic mass is 9.85. The highest BCUT2D eigenvalue weighted by atomic mass is 16.5. The monoisotopic (exact) mass is 415 g/mol. The van der Waals surface area contributed by atoms with Gasteiger partial charge in [0.2, 0.25) is 11.8 Å². The number of methoxy groups -OCH3 is 1. The van der Waals surface area contributed by atoms with Crippen LogP contribution >= 0.6 is 0 Å². The van der Waals surface area contributed by atoms with Crippen LogP contribution in [0.15, 0.2) is 30.5 Å². The predicted octanol–water partition coefficient (Wildman–Crippen LogP) is 1.25. The Morgan fingerprint density at radius 1 is 1.30 bits per heavy atom. The maximum absolute atomic E-state index is 13.6. The summed E-state index contributed by atoms with van der Waals surface area (Å²) in [5, 5.41) is 21.2. The van der Waals surface area contributed by atoms with Crippen LogP contribution in [0.5, 0.6) is 5.75 Å². The molecule has 9 nitrogen and oxygen atoms in total. The number of para-hydroxylation sites is 1. The number of nitrogens with zero attached hydrogens (tertiary/aromatic N) is 4. The number of β-amino-alcohol motifs (C(OH)–C–C–N with tert-alkyl or cyclic N) is 1. The lowest BCUT2D eigenvalue weighted by Crippen LogP contribution is -2.49. The van der Waals surface area contributed by atoms with E-state index in [0.29, 0.717) is 11.4 Å². The van der Waals surface area contributed by atoms with Gasteiger partial charge in [-0.15, -0.1) is 5.10 Å². The number of ether oxygens (including phenoxy) is 1. The molecule has 3 rings (SSSR count). The number of aliphatic hydroxyl groups is 1. The highest BCUT2D eigenvalue weighted by Gasteiger charge is 2.45. The highest BCUT2D eigenvalue weighted by Crippen LogP contribution is 2.35. The quantitative estimate of drug-likeness (QED) is 0.761. The molecule has 1 aromatic carbocycles. The summed E-state index contributed by atoms with van der Waals surface area (Å²) in [6.07, 6.45) is 1.19. The largest absolute Gasteiger partial charge is 0.496 e. The highest BCUT2D eigenvalue weighted by molar-refractivity contribution is 5.90. The fourth-order valence-electron chi connectivity index (χ4n) is 3.89. The van der Waals surface area contributed by atoms with Gasteiger partial charge in [0.05, 0.1) is 19.4 Å². The number of aromatic nitrogens is 3. The summed E-state index contributed by atoms with van der Waals surface area (Å²) in [7, 11) is 3.11. The first kappa shape index (κ1) is 21.8. The van der Waals surface area contributed by atoms with E-state index in [4.69, 9.17) is 4.74 Å². The number of carbonyl (C=O) groups excluding carboxylic acids is 2. The molecule has 1 aliphatic rings. The zero-order valence-electron chi connectivity index (χ0n) is 18.0. The van der Waals surface area contributed by atoms with Gasteiger partial charge in [0.1, 0.15) is 23.5 Å². The molecule has 2 heterocycles. The standard InChI is InChI=1S/C21H29N5O4/c1-21(2,3)18(20(29)25-11-13(27)10-16(25)19(28)22-4)26-12-15(23-24-26)14-8-6-7-9-17(14)30-5/h6-9,12-13,16,18,27H,10-11H2,1-5H3,(H,22,28)/t13?,16-,18?/m1/s1. The molecule has 9 heteroatoms. The van der Waals surface area contributed by atoms with Crippen molar-refractivity contribution in [2.75, 3.05) is 20.7 Å². The van der Waals surface area contributed by atoms with Crippen molar-refractivity contribution in [3.63, 3.8) is 0 Å². The SMILES string of the molecule is CNC(=O)[C@H]1CC(O)CN1C(=O)C(n1cc(-c2ccccc2OC)nn1)C(C)(C)C. The molecule has 162 valence electrons. The minimum Gasteiger partial charge on any atom is -0.496 e. The molecule has 2 N–H and O–H groups in total. The van der Waals surface area contributed by atoms with Crippen molar-refractivity contribution < 1.29 is 19.4 Å². The van der Waals surface area contributed by atoms with Crippen LogP contribution in [0, 0.1) is 5.41 Å². The van der Waals surface area contributed by atoms with Gasteiger partial charge in [-0.2, -0.15) is 0 Å². The van der Waals surface area contributed by atoms with Gasteiger partial charge in [0.15, 0.2) is 0 Å². The fraction of sp³-hybridized carbons (Fsp3) is 0.524. The minimum absolute atomic E-state index is 0.109. The normalized spacial score (nSPS) is 20.1. The first-order valence-corrected chi connectivity index (χ1v) is 9.92.